The number of amides is 1. The van der Waals surface area contributed by atoms with Crippen LogP contribution in [0.15, 0.2) is 24.3 Å². The highest BCUT2D eigenvalue weighted by atomic mass is 35.5. The maximum absolute atomic E-state index is 12.6. The molecule has 112 valence electrons. The first kappa shape index (κ1) is 14.4. The molecule has 2 N–H and O–H groups in total. The van der Waals surface area contributed by atoms with Crippen LogP contribution in [0.25, 0.3) is 10.9 Å². The van der Waals surface area contributed by atoms with E-state index in [4.69, 9.17) is 11.6 Å². The number of nitrogens with zero attached hydrogens (tertiary/aromatic N) is 2. The molecule has 6 heteroatoms. The van der Waals surface area contributed by atoms with Crippen molar-refractivity contribution in [3.8, 4) is 0 Å². The zero-order chi connectivity index (χ0) is 15.0. The van der Waals surface area contributed by atoms with Crippen molar-refractivity contribution in [1.82, 2.24) is 14.8 Å². The maximum atomic E-state index is 12.6. The molecule has 0 radical (unpaired) electrons. The van der Waals surface area contributed by atoms with E-state index < -0.39 is 0 Å². The predicted octanol–water partition coefficient (Wildman–Crippen LogP) is 1.57. The van der Waals surface area contributed by atoms with Crippen molar-refractivity contribution >= 4 is 28.4 Å². The Bertz CT molecular complexity index is 670. The molecule has 1 aliphatic rings. The summed E-state index contributed by atoms with van der Waals surface area (Å²) in [6.45, 7) is 2.04. The first-order valence-electron chi connectivity index (χ1n) is 6.97. The van der Waals surface area contributed by atoms with E-state index in [9.17, 15) is 9.90 Å². The lowest BCUT2D eigenvalue weighted by Gasteiger charge is -2.38. The number of hydrogen-bond acceptors (Lipinski definition) is 3. The van der Waals surface area contributed by atoms with Crippen LogP contribution >= 0.6 is 11.6 Å². The normalized spacial score (nSPS) is 20.1. The molecule has 5 nitrogen and oxygen atoms in total. The minimum Gasteiger partial charge on any atom is -0.395 e. The second-order valence-electron chi connectivity index (χ2n) is 5.48. The number of fused-ring (bicyclic) bond motifs is 1. The minimum atomic E-state index is -0.0335. The third-order valence-electron chi connectivity index (χ3n) is 4.09. The van der Waals surface area contributed by atoms with Gasteiger partial charge in [0.15, 0.2) is 0 Å². The van der Waals surface area contributed by atoms with Crippen LogP contribution in [0.5, 0.6) is 0 Å². The zero-order valence-corrected chi connectivity index (χ0v) is 12.6. The fourth-order valence-electron chi connectivity index (χ4n) is 2.72. The molecule has 21 heavy (non-hydrogen) atoms. The van der Waals surface area contributed by atoms with Gasteiger partial charge < -0.3 is 15.0 Å². The highest BCUT2D eigenvalue weighted by Gasteiger charge is 2.28. The number of piperazine rings is 1. The molecule has 1 aromatic carbocycles. The average Bonchev–Trinajstić information content (AvgIpc) is 2.90. The van der Waals surface area contributed by atoms with Gasteiger partial charge in [0.1, 0.15) is 5.69 Å². The summed E-state index contributed by atoms with van der Waals surface area (Å²) < 4.78 is 0. The molecule has 2 aromatic rings. The first-order chi connectivity index (χ1) is 10.1. The van der Waals surface area contributed by atoms with Crippen LogP contribution in [0.1, 0.15) is 10.5 Å². The van der Waals surface area contributed by atoms with Crippen molar-refractivity contribution in [3.05, 3.63) is 35.0 Å². The topological polar surface area (TPSA) is 59.6 Å². The van der Waals surface area contributed by atoms with E-state index in [1.807, 2.05) is 25.2 Å². The van der Waals surface area contributed by atoms with Gasteiger partial charge in [-0.15, -0.1) is 0 Å². The molecule has 1 fully saturated rings. The van der Waals surface area contributed by atoms with E-state index in [1.54, 1.807) is 11.0 Å². The van der Waals surface area contributed by atoms with E-state index in [-0.39, 0.29) is 18.6 Å². The number of carbonyl (C=O) groups is 1. The molecule has 0 bridgehead atoms. The van der Waals surface area contributed by atoms with Crippen LogP contribution in [-0.2, 0) is 0 Å². The number of nitrogens with one attached hydrogen (secondary N) is 1. The molecular formula is C15H18ClN3O2. The standard InChI is InChI=1S/C15H18ClN3O2/c1-18-4-5-19(8-12(18)9-20)15(21)14-7-10-6-11(16)2-3-13(10)17-14/h2-3,6-7,12,17,20H,4-5,8-9H2,1H3. The van der Waals surface area contributed by atoms with Crippen LogP contribution in [-0.4, -0.2) is 65.1 Å². The van der Waals surface area contributed by atoms with Gasteiger partial charge in [-0.1, -0.05) is 11.6 Å². The van der Waals surface area contributed by atoms with Crippen LogP contribution in [0, 0.1) is 0 Å². The Morgan fingerprint density at radius 1 is 1.43 bits per heavy atom. The van der Waals surface area contributed by atoms with Crippen molar-refractivity contribution in [2.24, 2.45) is 0 Å². The molecule has 1 aliphatic heterocycles. The third-order valence-corrected chi connectivity index (χ3v) is 4.32. The Balaban J connectivity index is 1.83. The van der Waals surface area contributed by atoms with Gasteiger partial charge in [0.2, 0.25) is 0 Å². The zero-order valence-electron chi connectivity index (χ0n) is 11.8. The number of aromatic nitrogens is 1. The van der Waals surface area contributed by atoms with Crippen LogP contribution in [0.2, 0.25) is 5.02 Å². The van der Waals surface area contributed by atoms with Gasteiger partial charge in [-0.3, -0.25) is 9.69 Å². The SMILES string of the molecule is CN1CCN(C(=O)c2cc3cc(Cl)ccc3[nH]2)CC1CO. The molecule has 0 spiro atoms. The smallest absolute Gasteiger partial charge is 0.270 e. The van der Waals surface area contributed by atoms with Gasteiger partial charge >= 0.3 is 0 Å². The number of aliphatic hydroxyl groups is 1. The molecule has 3 rings (SSSR count). The predicted molar refractivity (Wildman–Crippen MR) is 82.7 cm³/mol. The summed E-state index contributed by atoms with van der Waals surface area (Å²) in [5.74, 6) is -0.0335. The van der Waals surface area contributed by atoms with E-state index in [0.29, 0.717) is 23.8 Å². The number of benzene rings is 1. The summed E-state index contributed by atoms with van der Waals surface area (Å²) >= 11 is 5.97. The number of carbonyl (C=O) groups excluding carboxylic acids is 1. The summed E-state index contributed by atoms with van der Waals surface area (Å²) in [5.41, 5.74) is 1.46. The van der Waals surface area contributed by atoms with Gasteiger partial charge in [-0.2, -0.15) is 0 Å². The number of hydrogen-bond donors (Lipinski definition) is 2. The molecule has 0 aliphatic carbocycles. The van der Waals surface area contributed by atoms with Crippen molar-refractivity contribution < 1.29 is 9.90 Å². The molecule has 1 unspecified atom stereocenters. The largest absolute Gasteiger partial charge is 0.395 e. The van der Waals surface area contributed by atoms with Crippen LogP contribution in [0.3, 0.4) is 0 Å². The molecule has 0 saturated carbocycles. The van der Waals surface area contributed by atoms with Crippen LogP contribution in [0.4, 0.5) is 0 Å². The maximum Gasteiger partial charge on any atom is 0.270 e. The number of rotatable bonds is 2. The summed E-state index contributed by atoms with van der Waals surface area (Å²) in [5, 5.41) is 11.0. The Morgan fingerprint density at radius 2 is 2.24 bits per heavy atom. The number of halogens is 1. The second-order valence-corrected chi connectivity index (χ2v) is 5.92. The highest BCUT2D eigenvalue weighted by molar-refractivity contribution is 6.31. The van der Waals surface area contributed by atoms with Gasteiger partial charge in [-0.05, 0) is 31.3 Å². The fraction of sp³-hybridized carbons (Fsp3) is 0.400. The molecule has 1 aromatic heterocycles. The lowest BCUT2D eigenvalue weighted by atomic mass is 10.2. The lowest BCUT2D eigenvalue weighted by molar-refractivity contribution is 0.0417. The Morgan fingerprint density at radius 3 is 3.00 bits per heavy atom. The number of likely N-dealkylation sites (N-methyl/N-ethyl adjacent to an activating group) is 1. The van der Waals surface area contributed by atoms with Crippen molar-refractivity contribution in [2.45, 2.75) is 6.04 Å². The minimum absolute atomic E-state index is 0.00141. The Hall–Kier alpha value is -1.56. The fourth-order valence-corrected chi connectivity index (χ4v) is 2.90. The summed E-state index contributed by atoms with van der Waals surface area (Å²) in [7, 11) is 1.97. The number of H-pyrrole nitrogens is 1. The van der Waals surface area contributed by atoms with Gasteiger partial charge in [0.05, 0.1) is 12.6 Å². The average molecular weight is 308 g/mol. The molecular weight excluding hydrogens is 290 g/mol. The van der Waals surface area contributed by atoms with E-state index in [2.05, 4.69) is 9.88 Å². The van der Waals surface area contributed by atoms with E-state index in [1.165, 1.54) is 0 Å². The third kappa shape index (κ3) is 2.77. The van der Waals surface area contributed by atoms with Crippen molar-refractivity contribution in [3.63, 3.8) is 0 Å². The number of aromatic amines is 1. The highest BCUT2D eigenvalue weighted by Crippen LogP contribution is 2.21. The molecule has 1 saturated heterocycles. The van der Waals surface area contributed by atoms with E-state index >= 15 is 0 Å². The quantitative estimate of drug-likeness (QED) is 0.885. The molecule has 2 heterocycles. The second kappa shape index (κ2) is 5.67. The summed E-state index contributed by atoms with van der Waals surface area (Å²) in [6, 6.07) is 7.34. The van der Waals surface area contributed by atoms with Crippen molar-refractivity contribution in [1.29, 1.82) is 0 Å². The van der Waals surface area contributed by atoms with Gasteiger partial charge in [-0.25, -0.2) is 0 Å². The molecule has 1 atom stereocenters. The summed E-state index contributed by atoms with van der Waals surface area (Å²) in [6.07, 6.45) is 0. The van der Waals surface area contributed by atoms with E-state index in [0.717, 1.165) is 17.4 Å². The van der Waals surface area contributed by atoms with Crippen LogP contribution < -0.4 is 0 Å². The van der Waals surface area contributed by atoms with Gasteiger partial charge in [0, 0.05) is 35.6 Å². The monoisotopic (exact) mass is 307 g/mol. The Labute approximate surface area is 128 Å². The summed E-state index contributed by atoms with van der Waals surface area (Å²) in [4.78, 5) is 19.6. The number of aliphatic hydroxyl groups excluding tert-OH is 1. The van der Waals surface area contributed by atoms with Gasteiger partial charge in [0.25, 0.3) is 5.91 Å². The lowest BCUT2D eigenvalue weighted by Crippen LogP contribution is -2.54. The first-order valence-corrected chi connectivity index (χ1v) is 7.35. The molecule has 1 amide bonds. The van der Waals surface area contributed by atoms with Crippen molar-refractivity contribution in [2.75, 3.05) is 33.3 Å². The Kier molecular flexibility index (Phi) is 3.89.